The molecule has 2 saturated heterocycles. The molecule has 118 valence electrons. The van der Waals surface area contributed by atoms with Crippen molar-refractivity contribution in [2.75, 3.05) is 39.4 Å². The van der Waals surface area contributed by atoms with Gasteiger partial charge >= 0.3 is 0 Å². The van der Waals surface area contributed by atoms with Gasteiger partial charge in [0.1, 0.15) is 0 Å². The molecule has 2 rings (SSSR count). The molecule has 0 aliphatic carbocycles. The van der Waals surface area contributed by atoms with Gasteiger partial charge in [0, 0.05) is 38.2 Å². The second-order valence-electron chi connectivity index (χ2n) is 7.07. The maximum atomic E-state index is 6.00. The Morgan fingerprint density at radius 2 is 2.15 bits per heavy atom. The van der Waals surface area contributed by atoms with Crippen LogP contribution in [0.25, 0.3) is 0 Å². The van der Waals surface area contributed by atoms with Crippen LogP contribution in [0.3, 0.4) is 0 Å². The minimum absolute atomic E-state index is 0.0282. The molecule has 0 aromatic carbocycles. The van der Waals surface area contributed by atoms with E-state index >= 15 is 0 Å². The van der Waals surface area contributed by atoms with Gasteiger partial charge in [-0.25, -0.2) is 0 Å². The first kappa shape index (κ1) is 16.2. The predicted molar refractivity (Wildman–Crippen MR) is 82.1 cm³/mol. The van der Waals surface area contributed by atoms with Gasteiger partial charge in [-0.05, 0) is 40.2 Å². The number of hydrogen-bond acceptors (Lipinski definition) is 4. The van der Waals surface area contributed by atoms with Crippen LogP contribution in [-0.4, -0.2) is 62.0 Å². The average molecular weight is 284 g/mol. The van der Waals surface area contributed by atoms with Crippen molar-refractivity contribution in [2.45, 2.75) is 58.3 Å². The Balaban J connectivity index is 1.89. The normalized spacial score (nSPS) is 35.1. The third-order valence-electron chi connectivity index (χ3n) is 4.26. The van der Waals surface area contributed by atoms with Crippen molar-refractivity contribution in [3.8, 4) is 0 Å². The molecular weight excluding hydrogens is 252 g/mol. The highest BCUT2D eigenvalue weighted by atomic mass is 16.5. The van der Waals surface area contributed by atoms with Crippen LogP contribution in [0.5, 0.6) is 0 Å². The summed E-state index contributed by atoms with van der Waals surface area (Å²) in [6, 6.07) is 0.616. The van der Waals surface area contributed by atoms with E-state index in [4.69, 9.17) is 9.47 Å². The lowest BCUT2D eigenvalue weighted by atomic mass is 9.93. The van der Waals surface area contributed by atoms with Crippen LogP contribution < -0.4 is 5.32 Å². The summed E-state index contributed by atoms with van der Waals surface area (Å²) in [6.07, 6.45) is 2.67. The highest BCUT2D eigenvalue weighted by molar-refractivity contribution is 4.87. The quantitative estimate of drug-likeness (QED) is 0.836. The summed E-state index contributed by atoms with van der Waals surface area (Å²) >= 11 is 0. The first-order chi connectivity index (χ1) is 9.50. The molecule has 0 spiro atoms. The maximum absolute atomic E-state index is 6.00. The van der Waals surface area contributed by atoms with Gasteiger partial charge in [0.05, 0.1) is 18.3 Å². The minimum atomic E-state index is -0.0282. The van der Waals surface area contributed by atoms with Crippen LogP contribution >= 0.6 is 0 Å². The molecule has 0 aromatic rings. The molecule has 3 unspecified atom stereocenters. The molecule has 4 heteroatoms. The summed E-state index contributed by atoms with van der Waals surface area (Å²) < 4.78 is 11.7. The lowest BCUT2D eigenvalue weighted by Crippen LogP contribution is -2.55. The molecule has 2 heterocycles. The Morgan fingerprint density at radius 1 is 1.35 bits per heavy atom. The molecule has 4 nitrogen and oxygen atoms in total. The molecule has 2 aliphatic heterocycles. The molecule has 20 heavy (non-hydrogen) atoms. The first-order valence-corrected chi connectivity index (χ1v) is 8.21. The molecule has 0 bridgehead atoms. The van der Waals surface area contributed by atoms with Crippen LogP contribution in [0.1, 0.15) is 40.5 Å². The number of nitrogens with one attached hydrogen (secondary N) is 1. The van der Waals surface area contributed by atoms with Crippen molar-refractivity contribution in [2.24, 2.45) is 5.92 Å². The minimum Gasteiger partial charge on any atom is -0.381 e. The summed E-state index contributed by atoms with van der Waals surface area (Å²) in [6.45, 7) is 14.9. The highest BCUT2D eigenvalue weighted by Crippen LogP contribution is 2.24. The molecule has 3 atom stereocenters. The second kappa shape index (κ2) is 7.21. The smallest absolute Gasteiger partial charge is 0.0757 e. The van der Waals surface area contributed by atoms with Gasteiger partial charge in [0.2, 0.25) is 0 Å². The van der Waals surface area contributed by atoms with Crippen LogP contribution in [-0.2, 0) is 9.47 Å². The van der Waals surface area contributed by atoms with E-state index in [9.17, 15) is 0 Å². The molecule has 1 N–H and O–H groups in total. The zero-order valence-electron chi connectivity index (χ0n) is 13.7. The van der Waals surface area contributed by atoms with Crippen LogP contribution in [0.15, 0.2) is 0 Å². The number of nitrogens with zero attached hydrogens (tertiary/aromatic N) is 1. The summed E-state index contributed by atoms with van der Waals surface area (Å²) in [5.74, 6) is 0.608. The summed E-state index contributed by atoms with van der Waals surface area (Å²) in [4.78, 5) is 2.56. The fraction of sp³-hybridized carbons (Fsp3) is 1.00. The van der Waals surface area contributed by atoms with Crippen LogP contribution in [0.4, 0.5) is 0 Å². The van der Waals surface area contributed by atoms with Crippen molar-refractivity contribution in [1.29, 1.82) is 0 Å². The van der Waals surface area contributed by atoms with Gasteiger partial charge in [0.25, 0.3) is 0 Å². The van der Waals surface area contributed by atoms with Gasteiger partial charge < -0.3 is 14.8 Å². The van der Waals surface area contributed by atoms with E-state index in [2.05, 4.69) is 37.9 Å². The Bertz CT molecular complexity index is 296. The molecular formula is C16H32N2O2. The Kier molecular flexibility index (Phi) is 5.84. The van der Waals surface area contributed by atoms with Crippen molar-refractivity contribution in [3.05, 3.63) is 0 Å². The van der Waals surface area contributed by atoms with E-state index in [0.717, 1.165) is 45.8 Å². The van der Waals surface area contributed by atoms with Crippen molar-refractivity contribution < 1.29 is 9.47 Å². The van der Waals surface area contributed by atoms with E-state index in [1.807, 2.05) is 0 Å². The van der Waals surface area contributed by atoms with E-state index in [1.54, 1.807) is 0 Å². The monoisotopic (exact) mass is 284 g/mol. The lowest BCUT2D eigenvalue weighted by molar-refractivity contribution is -0.134. The zero-order chi connectivity index (χ0) is 14.6. The predicted octanol–water partition coefficient (Wildman–Crippen LogP) is 1.89. The van der Waals surface area contributed by atoms with Crippen molar-refractivity contribution in [3.63, 3.8) is 0 Å². The summed E-state index contributed by atoms with van der Waals surface area (Å²) in [5, 5.41) is 3.70. The second-order valence-corrected chi connectivity index (χ2v) is 7.07. The van der Waals surface area contributed by atoms with Gasteiger partial charge in [-0.3, -0.25) is 4.90 Å². The van der Waals surface area contributed by atoms with E-state index in [0.29, 0.717) is 18.1 Å². The summed E-state index contributed by atoms with van der Waals surface area (Å²) in [5.41, 5.74) is -0.0282. The van der Waals surface area contributed by atoms with E-state index in [1.165, 1.54) is 6.42 Å². The fourth-order valence-corrected chi connectivity index (χ4v) is 3.63. The van der Waals surface area contributed by atoms with Crippen LogP contribution in [0, 0.1) is 5.92 Å². The molecule has 0 saturated carbocycles. The van der Waals surface area contributed by atoms with E-state index < -0.39 is 0 Å². The number of hydrogen-bond donors (Lipinski definition) is 1. The van der Waals surface area contributed by atoms with Gasteiger partial charge in [-0.1, -0.05) is 6.92 Å². The largest absolute Gasteiger partial charge is 0.381 e. The molecule has 0 radical (unpaired) electrons. The van der Waals surface area contributed by atoms with Crippen LogP contribution in [0.2, 0.25) is 0 Å². The van der Waals surface area contributed by atoms with Gasteiger partial charge in [0.15, 0.2) is 0 Å². The Morgan fingerprint density at radius 3 is 2.85 bits per heavy atom. The standard InChI is InChI=1S/C16H32N2O2/c1-5-7-17-15-6-8-19-11-14(15)10-18-9-13(2)20-16(3,4)12-18/h13-15,17H,5-12H2,1-4H3. The topological polar surface area (TPSA) is 33.7 Å². The molecule has 0 amide bonds. The first-order valence-electron chi connectivity index (χ1n) is 8.21. The number of rotatable bonds is 5. The number of morpholine rings is 1. The third-order valence-corrected chi connectivity index (χ3v) is 4.26. The highest BCUT2D eigenvalue weighted by Gasteiger charge is 2.34. The number of ether oxygens (including phenoxy) is 2. The van der Waals surface area contributed by atoms with E-state index in [-0.39, 0.29) is 5.60 Å². The maximum Gasteiger partial charge on any atom is 0.0757 e. The third kappa shape index (κ3) is 4.69. The zero-order valence-corrected chi connectivity index (χ0v) is 13.7. The molecule has 0 aromatic heterocycles. The van der Waals surface area contributed by atoms with Gasteiger partial charge in [-0.2, -0.15) is 0 Å². The summed E-state index contributed by atoms with van der Waals surface area (Å²) in [7, 11) is 0. The fourth-order valence-electron chi connectivity index (χ4n) is 3.63. The SMILES string of the molecule is CCCNC1CCOCC1CN1CC(C)OC(C)(C)C1. The van der Waals surface area contributed by atoms with Gasteiger partial charge in [-0.15, -0.1) is 0 Å². The Hall–Kier alpha value is -0.160. The average Bonchev–Trinajstić information content (AvgIpc) is 2.35. The molecule has 2 aliphatic rings. The van der Waals surface area contributed by atoms with Crippen molar-refractivity contribution in [1.82, 2.24) is 10.2 Å². The lowest BCUT2D eigenvalue weighted by Gasteiger charge is -2.44. The molecule has 2 fully saturated rings. The van der Waals surface area contributed by atoms with Crippen molar-refractivity contribution >= 4 is 0 Å². The Labute approximate surface area is 124 Å².